The summed E-state index contributed by atoms with van der Waals surface area (Å²) >= 11 is 0. The second kappa shape index (κ2) is 7.93. The third-order valence-electron chi connectivity index (χ3n) is 3.67. The van der Waals surface area contributed by atoms with Crippen LogP contribution in [0.1, 0.15) is 15.9 Å². The fraction of sp³-hybridized carbons (Fsp3) is 0.111. The van der Waals surface area contributed by atoms with Crippen molar-refractivity contribution in [3.05, 3.63) is 72.1 Å². The predicted molar refractivity (Wildman–Crippen MR) is 97.0 cm³/mol. The maximum Gasteiger partial charge on any atom is 0.319 e. The van der Waals surface area contributed by atoms with E-state index in [0.717, 1.165) is 11.3 Å². The molecule has 0 aliphatic carbocycles. The third-order valence-corrected chi connectivity index (χ3v) is 3.67. The second-order valence-corrected chi connectivity index (χ2v) is 5.45. The summed E-state index contributed by atoms with van der Waals surface area (Å²) in [6, 6.07) is 13.9. The van der Waals surface area contributed by atoms with Crippen LogP contribution in [0.5, 0.6) is 0 Å². The summed E-state index contributed by atoms with van der Waals surface area (Å²) in [7, 11) is 1.58. The number of aromatic nitrogens is 3. The summed E-state index contributed by atoms with van der Waals surface area (Å²) in [5, 5.41) is 16.2. The minimum Gasteiger partial charge on any atom is -0.355 e. The molecule has 1 aromatic heterocycles. The van der Waals surface area contributed by atoms with Crippen molar-refractivity contribution in [1.29, 1.82) is 0 Å². The first-order chi connectivity index (χ1) is 12.7. The molecule has 0 aliphatic heterocycles. The maximum atomic E-state index is 12.0. The van der Waals surface area contributed by atoms with E-state index in [1.807, 2.05) is 12.1 Å². The van der Waals surface area contributed by atoms with Gasteiger partial charge >= 0.3 is 6.03 Å². The fourth-order valence-electron chi connectivity index (χ4n) is 2.30. The first kappa shape index (κ1) is 17.2. The highest BCUT2D eigenvalue weighted by Crippen LogP contribution is 2.11. The minimum atomic E-state index is -0.314. The smallest absolute Gasteiger partial charge is 0.319 e. The van der Waals surface area contributed by atoms with Crippen LogP contribution in [0.3, 0.4) is 0 Å². The van der Waals surface area contributed by atoms with E-state index in [2.05, 4.69) is 26.1 Å². The standard InChI is InChI=1S/C18H18N6O2/c1-19-17(25)14-4-2-13(3-5-14)12-20-18(26)23-15-6-8-16(9-7-15)24-21-10-11-22-24/h2-11H,12H2,1H3,(H,19,25)(H2,20,23,26). The highest BCUT2D eigenvalue weighted by molar-refractivity contribution is 5.94. The number of carbonyl (C=O) groups is 2. The number of nitrogens with zero attached hydrogens (tertiary/aromatic N) is 3. The quantitative estimate of drug-likeness (QED) is 0.655. The molecule has 0 atom stereocenters. The highest BCUT2D eigenvalue weighted by Gasteiger charge is 2.05. The van der Waals surface area contributed by atoms with Crippen LogP contribution in [0.15, 0.2) is 60.9 Å². The van der Waals surface area contributed by atoms with Gasteiger partial charge in [0.05, 0.1) is 18.1 Å². The van der Waals surface area contributed by atoms with E-state index < -0.39 is 0 Å². The molecule has 2 aromatic carbocycles. The average Bonchev–Trinajstić information content (AvgIpc) is 3.21. The van der Waals surface area contributed by atoms with Gasteiger partial charge in [-0.25, -0.2) is 4.79 Å². The molecule has 3 aromatic rings. The SMILES string of the molecule is CNC(=O)c1ccc(CNC(=O)Nc2ccc(-n3nccn3)cc2)cc1. The zero-order valence-corrected chi connectivity index (χ0v) is 14.1. The Morgan fingerprint density at radius 1 is 0.962 bits per heavy atom. The van der Waals surface area contributed by atoms with Crippen LogP contribution in [0.25, 0.3) is 5.69 Å². The van der Waals surface area contributed by atoms with Crippen molar-refractivity contribution >= 4 is 17.6 Å². The van der Waals surface area contributed by atoms with Crippen molar-refractivity contribution in [3.8, 4) is 5.69 Å². The van der Waals surface area contributed by atoms with Crippen LogP contribution in [0.4, 0.5) is 10.5 Å². The van der Waals surface area contributed by atoms with Gasteiger partial charge in [-0.1, -0.05) is 12.1 Å². The largest absolute Gasteiger partial charge is 0.355 e. The van der Waals surface area contributed by atoms with Crippen LogP contribution < -0.4 is 16.0 Å². The van der Waals surface area contributed by atoms with E-state index in [-0.39, 0.29) is 11.9 Å². The number of urea groups is 1. The van der Waals surface area contributed by atoms with Crippen molar-refractivity contribution in [2.24, 2.45) is 0 Å². The molecule has 0 fully saturated rings. The Bertz CT molecular complexity index is 873. The monoisotopic (exact) mass is 350 g/mol. The van der Waals surface area contributed by atoms with Gasteiger partial charge in [0.1, 0.15) is 0 Å². The van der Waals surface area contributed by atoms with Gasteiger partial charge in [-0.05, 0) is 42.0 Å². The first-order valence-corrected chi connectivity index (χ1v) is 7.98. The van der Waals surface area contributed by atoms with E-state index in [4.69, 9.17) is 0 Å². The fourth-order valence-corrected chi connectivity index (χ4v) is 2.30. The van der Waals surface area contributed by atoms with Crippen molar-refractivity contribution in [2.45, 2.75) is 6.54 Å². The van der Waals surface area contributed by atoms with Gasteiger partial charge in [0, 0.05) is 24.8 Å². The molecule has 3 N–H and O–H groups in total. The molecular weight excluding hydrogens is 332 g/mol. The lowest BCUT2D eigenvalue weighted by Gasteiger charge is -2.09. The van der Waals surface area contributed by atoms with Crippen LogP contribution in [0, 0.1) is 0 Å². The summed E-state index contributed by atoms with van der Waals surface area (Å²) in [6.45, 7) is 0.356. The van der Waals surface area contributed by atoms with Crippen LogP contribution in [-0.4, -0.2) is 34.0 Å². The maximum absolute atomic E-state index is 12.0. The molecule has 0 radical (unpaired) electrons. The van der Waals surface area contributed by atoms with Crippen LogP contribution in [0.2, 0.25) is 0 Å². The third kappa shape index (κ3) is 4.23. The number of amides is 3. The molecule has 26 heavy (non-hydrogen) atoms. The normalized spacial score (nSPS) is 10.2. The van der Waals surface area contributed by atoms with Crippen molar-refractivity contribution in [3.63, 3.8) is 0 Å². The summed E-state index contributed by atoms with van der Waals surface area (Å²) in [4.78, 5) is 25.0. The summed E-state index contributed by atoms with van der Waals surface area (Å²) < 4.78 is 0. The van der Waals surface area contributed by atoms with Gasteiger partial charge in [-0.15, -0.1) is 0 Å². The predicted octanol–water partition coefficient (Wildman–Crippen LogP) is 1.95. The van der Waals surface area contributed by atoms with E-state index in [1.165, 1.54) is 4.80 Å². The number of hydrogen-bond acceptors (Lipinski definition) is 4. The Labute approximate surface area is 150 Å². The summed E-state index contributed by atoms with van der Waals surface area (Å²) in [6.07, 6.45) is 3.20. The molecule has 1 heterocycles. The topological polar surface area (TPSA) is 101 Å². The Kier molecular flexibility index (Phi) is 5.23. The molecule has 3 rings (SSSR count). The molecule has 0 spiro atoms. The van der Waals surface area contributed by atoms with Crippen molar-refractivity contribution < 1.29 is 9.59 Å². The molecule has 0 saturated heterocycles. The molecule has 0 aliphatic rings. The molecule has 8 heteroatoms. The number of hydrogen-bond donors (Lipinski definition) is 3. The number of anilines is 1. The van der Waals surface area contributed by atoms with Crippen molar-refractivity contribution in [1.82, 2.24) is 25.6 Å². The van der Waals surface area contributed by atoms with E-state index >= 15 is 0 Å². The average molecular weight is 350 g/mol. The van der Waals surface area contributed by atoms with Gasteiger partial charge in [-0.3, -0.25) is 4.79 Å². The van der Waals surface area contributed by atoms with Crippen molar-refractivity contribution in [2.75, 3.05) is 12.4 Å². The van der Waals surface area contributed by atoms with E-state index in [0.29, 0.717) is 17.8 Å². The lowest BCUT2D eigenvalue weighted by molar-refractivity contribution is 0.0963. The van der Waals surface area contributed by atoms with Gasteiger partial charge in [-0.2, -0.15) is 15.0 Å². The Hall–Kier alpha value is -3.68. The van der Waals surface area contributed by atoms with E-state index in [9.17, 15) is 9.59 Å². The lowest BCUT2D eigenvalue weighted by atomic mass is 10.1. The summed E-state index contributed by atoms with van der Waals surface area (Å²) in [5.74, 6) is -0.143. The second-order valence-electron chi connectivity index (χ2n) is 5.45. The molecule has 0 bridgehead atoms. The minimum absolute atomic E-state index is 0.143. The Morgan fingerprint density at radius 2 is 1.62 bits per heavy atom. The van der Waals surface area contributed by atoms with Crippen LogP contribution >= 0.6 is 0 Å². The van der Waals surface area contributed by atoms with Gasteiger partial charge in [0.15, 0.2) is 0 Å². The Balaban J connectivity index is 1.51. The zero-order valence-electron chi connectivity index (χ0n) is 14.1. The van der Waals surface area contributed by atoms with Gasteiger partial charge in [0.2, 0.25) is 0 Å². The molecular formula is C18H18N6O2. The molecule has 132 valence electrons. The molecule has 0 saturated carbocycles. The van der Waals surface area contributed by atoms with Gasteiger partial charge < -0.3 is 16.0 Å². The zero-order chi connectivity index (χ0) is 18.4. The molecule has 3 amide bonds. The first-order valence-electron chi connectivity index (χ1n) is 7.98. The number of carbonyl (C=O) groups excluding carboxylic acids is 2. The Morgan fingerprint density at radius 3 is 2.23 bits per heavy atom. The van der Waals surface area contributed by atoms with Crippen LogP contribution in [-0.2, 0) is 6.54 Å². The molecule has 0 unspecified atom stereocenters. The summed E-state index contributed by atoms with van der Waals surface area (Å²) in [5.41, 5.74) is 2.94. The highest BCUT2D eigenvalue weighted by atomic mass is 16.2. The number of nitrogens with one attached hydrogen (secondary N) is 3. The molecule has 8 nitrogen and oxygen atoms in total. The van der Waals surface area contributed by atoms with E-state index in [1.54, 1.807) is 55.8 Å². The van der Waals surface area contributed by atoms with Gasteiger partial charge in [0.25, 0.3) is 5.91 Å². The number of benzene rings is 2. The number of rotatable bonds is 5. The lowest BCUT2D eigenvalue weighted by Crippen LogP contribution is -2.28.